The second-order valence-electron chi connectivity index (χ2n) is 15.4. The average Bonchev–Trinajstić information content (AvgIpc) is 3.28. The lowest BCUT2D eigenvalue weighted by molar-refractivity contribution is 0.0587. The van der Waals surface area contributed by atoms with Crippen molar-refractivity contribution < 1.29 is 19.2 Å². The van der Waals surface area contributed by atoms with Crippen molar-refractivity contribution in [2.24, 2.45) is 4.99 Å². The number of rotatable bonds is 11. The van der Waals surface area contributed by atoms with Gasteiger partial charge in [-0.25, -0.2) is 4.99 Å². The highest BCUT2D eigenvalue weighted by atomic mass is 32.1. The third-order valence-electron chi connectivity index (χ3n) is 10.4. The largest absolute Gasteiger partial charge is 0.398 e. The lowest BCUT2D eigenvalue weighted by Gasteiger charge is -2.29. The molecule has 8 rings (SSSR count). The summed E-state index contributed by atoms with van der Waals surface area (Å²) in [7, 11) is 7.67. The maximum Gasteiger partial charge on any atom is 0.262 e. The van der Waals surface area contributed by atoms with Crippen molar-refractivity contribution in [3.63, 3.8) is 0 Å². The molecule has 0 bridgehead atoms. The van der Waals surface area contributed by atoms with Crippen molar-refractivity contribution in [3.05, 3.63) is 132 Å². The van der Waals surface area contributed by atoms with Crippen molar-refractivity contribution in [1.82, 2.24) is 24.9 Å². The number of aliphatic imine (C=N–C) groups is 1. The topological polar surface area (TPSA) is 167 Å². The third-order valence-corrected chi connectivity index (χ3v) is 10.8. The molecule has 332 valence electrons. The Kier molecular flexibility index (Phi) is 16.9. The van der Waals surface area contributed by atoms with Crippen LogP contribution in [0.15, 0.2) is 115 Å². The fraction of sp³-hybridized carbons (Fsp3) is 0.220. The highest BCUT2D eigenvalue weighted by Crippen LogP contribution is 2.40. The molecule has 6 aromatic rings. The normalized spacial score (nSPS) is 12.4. The Hall–Kier alpha value is -7.18. The van der Waals surface area contributed by atoms with Crippen LogP contribution in [-0.2, 0) is 0 Å². The van der Waals surface area contributed by atoms with Crippen LogP contribution in [0.1, 0.15) is 48.4 Å². The van der Waals surface area contributed by atoms with E-state index in [0.29, 0.717) is 83.1 Å². The van der Waals surface area contributed by atoms with Crippen molar-refractivity contribution in [1.29, 1.82) is 5.26 Å². The van der Waals surface area contributed by atoms with Gasteiger partial charge >= 0.3 is 0 Å². The van der Waals surface area contributed by atoms with Gasteiger partial charge in [0.1, 0.15) is 0 Å². The van der Waals surface area contributed by atoms with E-state index in [1.165, 1.54) is 16.7 Å². The SMILES string of the molecule is C=CCN=C=S.C=CCNC(=S)Nc1cccc2cc3cccc4c3c(c12)C(=O)N(CCN(C)C)C4=O.CC#N.CN(C)CCN1C(=O)c2cccc3cc4cccc(N)c4c(c23)C1=O. The Bertz CT molecular complexity index is 2950. The Balaban J connectivity index is 0.000000209. The van der Waals surface area contributed by atoms with Gasteiger partial charge in [0, 0.05) is 83.7 Å². The van der Waals surface area contributed by atoms with Gasteiger partial charge in [0.25, 0.3) is 23.6 Å². The van der Waals surface area contributed by atoms with Crippen molar-refractivity contribution in [2.45, 2.75) is 6.92 Å². The lowest BCUT2D eigenvalue weighted by atomic mass is 9.89. The van der Waals surface area contributed by atoms with Crippen molar-refractivity contribution >= 4 is 113 Å². The summed E-state index contributed by atoms with van der Waals surface area (Å²) >= 11 is 9.65. The molecule has 0 aliphatic carbocycles. The molecule has 15 heteroatoms. The van der Waals surface area contributed by atoms with Gasteiger partial charge in [-0.1, -0.05) is 60.7 Å². The first kappa shape index (κ1) is 48.8. The average molecular weight is 906 g/mol. The number of benzene rings is 6. The van der Waals surface area contributed by atoms with Gasteiger partial charge in [0.2, 0.25) is 0 Å². The van der Waals surface area contributed by atoms with E-state index in [1.54, 1.807) is 36.4 Å². The van der Waals surface area contributed by atoms with E-state index in [0.717, 1.165) is 38.0 Å². The zero-order valence-electron chi connectivity index (χ0n) is 37.1. The predicted octanol–water partition coefficient (Wildman–Crippen LogP) is 8.16. The Morgan fingerprint density at radius 2 is 1.17 bits per heavy atom. The van der Waals surface area contributed by atoms with Crippen LogP contribution in [0.4, 0.5) is 11.4 Å². The van der Waals surface area contributed by atoms with E-state index in [1.807, 2.05) is 105 Å². The zero-order valence-corrected chi connectivity index (χ0v) is 38.7. The number of carbonyl (C=O) groups excluding carboxylic acids is 4. The Labute approximate surface area is 389 Å². The van der Waals surface area contributed by atoms with E-state index >= 15 is 0 Å². The number of nitrogens with one attached hydrogen (secondary N) is 2. The molecule has 0 saturated heterocycles. The summed E-state index contributed by atoms with van der Waals surface area (Å²) in [5, 5.41) is 22.7. The fourth-order valence-corrected chi connectivity index (χ4v) is 7.83. The van der Waals surface area contributed by atoms with Crippen LogP contribution in [0.2, 0.25) is 0 Å². The summed E-state index contributed by atoms with van der Waals surface area (Å²) in [6, 6.07) is 28.3. The molecule has 2 heterocycles. The first-order valence-corrected chi connectivity index (χ1v) is 21.4. The van der Waals surface area contributed by atoms with Gasteiger partial charge < -0.3 is 26.2 Å². The number of nitrogen functional groups attached to an aromatic ring is 1. The minimum Gasteiger partial charge on any atom is -0.398 e. The van der Waals surface area contributed by atoms with Crippen molar-refractivity contribution in [2.75, 3.05) is 78.5 Å². The summed E-state index contributed by atoms with van der Waals surface area (Å²) in [6.07, 6.45) is 3.39. The van der Waals surface area contributed by atoms with E-state index in [9.17, 15) is 19.2 Å². The molecule has 0 fully saturated rings. The molecule has 4 N–H and O–H groups in total. The molecular formula is C50H51N9O4S2. The number of isothiocyanates is 1. The van der Waals surface area contributed by atoms with Crippen LogP contribution < -0.4 is 16.4 Å². The molecule has 13 nitrogen and oxygen atoms in total. The monoisotopic (exact) mass is 905 g/mol. The first-order chi connectivity index (χ1) is 31.2. The Morgan fingerprint density at radius 3 is 1.62 bits per heavy atom. The summed E-state index contributed by atoms with van der Waals surface area (Å²) in [5.74, 6) is -1.03. The number of nitrogens with zero attached hydrogens (tertiary/aromatic N) is 6. The molecule has 0 atom stereocenters. The van der Waals surface area contributed by atoms with Crippen LogP contribution in [0.5, 0.6) is 0 Å². The number of likely N-dealkylation sites (N-methyl/N-ethyl adjacent to an activating group) is 2. The molecule has 0 aromatic heterocycles. The maximum atomic E-state index is 13.6. The zero-order chi connectivity index (χ0) is 47.4. The number of nitriles is 1. The summed E-state index contributed by atoms with van der Waals surface area (Å²) < 4.78 is 0. The summed E-state index contributed by atoms with van der Waals surface area (Å²) in [6.45, 7) is 11.5. The van der Waals surface area contributed by atoms with Crippen LogP contribution in [0.25, 0.3) is 43.1 Å². The maximum absolute atomic E-state index is 13.6. The molecule has 4 amide bonds. The highest BCUT2D eigenvalue weighted by Gasteiger charge is 2.36. The number of carbonyl (C=O) groups is 4. The second-order valence-corrected chi connectivity index (χ2v) is 15.9. The smallest absolute Gasteiger partial charge is 0.262 e. The van der Waals surface area contributed by atoms with Crippen molar-refractivity contribution in [3.8, 4) is 6.07 Å². The van der Waals surface area contributed by atoms with Gasteiger partial charge in [-0.2, -0.15) is 5.26 Å². The third kappa shape index (κ3) is 10.8. The molecule has 0 saturated carbocycles. The van der Waals surface area contributed by atoms with E-state index < -0.39 is 0 Å². The van der Waals surface area contributed by atoms with Crippen LogP contribution in [-0.4, -0.2) is 121 Å². The first-order valence-electron chi connectivity index (χ1n) is 20.6. The standard InChI is InChI=1S/C24H24N4O2S.C20H19N3O2.C4H5NS.C2H3N/c1-4-11-25-24(31)26-18-10-6-8-16-14-15-7-5-9-17-19(15)21(20(16)18)23(30)28(22(17)29)13-12-27(2)3;1-22(2)9-10-23-19(24)14-7-3-5-12-11-13-6-4-8-15(21)17(13)18(16(12)14)20(23)25;1-2-3-5-4-6;1-2-3/h4-10,14H,1,11-13H2,2-3H3,(H2,25,26,31);3-8,11H,9-10,21H2,1-2H3;2H,1,3H2;1H3. The second kappa shape index (κ2) is 22.4. The van der Waals surface area contributed by atoms with Gasteiger partial charge in [-0.05, 0) is 111 Å². The number of amides is 4. The molecule has 6 aromatic carbocycles. The number of fused-ring (bicyclic) bond motifs is 4. The minimum atomic E-state index is -0.277. The number of imide groups is 2. The number of hydrogen-bond acceptors (Lipinski definition) is 11. The van der Waals surface area contributed by atoms with E-state index in [2.05, 4.69) is 46.2 Å². The van der Waals surface area contributed by atoms with Gasteiger partial charge in [-0.3, -0.25) is 29.0 Å². The molecule has 65 heavy (non-hydrogen) atoms. The number of anilines is 2. The van der Waals surface area contributed by atoms with Crippen LogP contribution in [0.3, 0.4) is 0 Å². The fourth-order valence-electron chi connectivity index (χ4n) is 7.56. The van der Waals surface area contributed by atoms with Gasteiger partial charge in [-0.15, -0.1) is 13.2 Å². The van der Waals surface area contributed by atoms with Crippen LogP contribution in [0, 0.1) is 11.3 Å². The quantitative estimate of drug-likeness (QED) is 0.0286. The van der Waals surface area contributed by atoms with Crippen LogP contribution >= 0.6 is 24.4 Å². The van der Waals surface area contributed by atoms with E-state index in [4.69, 9.17) is 23.2 Å². The van der Waals surface area contributed by atoms with Gasteiger partial charge in [0.05, 0.1) is 28.9 Å². The molecule has 0 radical (unpaired) electrons. The molecular weight excluding hydrogens is 855 g/mol. The molecule has 0 spiro atoms. The van der Waals surface area contributed by atoms with Gasteiger partial charge in [0.15, 0.2) is 5.11 Å². The predicted molar refractivity (Wildman–Crippen MR) is 271 cm³/mol. The molecule has 2 aliphatic heterocycles. The highest BCUT2D eigenvalue weighted by molar-refractivity contribution is 7.80. The number of hydrogen-bond donors (Lipinski definition) is 3. The summed E-state index contributed by atoms with van der Waals surface area (Å²) in [5.41, 5.74) is 9.67. The lowest BCUT2D eigenvalue weighted by Crippen LogP contribution is -2.43. The number of nitrogens with two attached hydrogens (primary N) is 1. The Morgan fingerprint density at radius 1 is 0.723 bits per heavy atom. The van der Waals surface area contributed by atoms with E-state index in [-0.39, 0.29) is 23.6 Å². The molecule has 2 aliphatic rings. The summed E-state index contributed by atoms with van der Waals surface area (Å²) in [4.78, 5) is 63.1. The molecule has 0 unspecified atom stereocenters. The minimum absolute atomic E-state index is 0.237. The number of thiocarbonyl (C=S) groups is 2.